The van der Waals surface area contributed by atoms with Crippen LogP contribution in [-0.2, 0) is 14.8 Å². The number of aliphatic hydroxyl groups excluding tert-OH is 1. The van der Waals surface area contributed by atoms with Crippen LogP contribution in [0.1, 0.15) is 22.3 Å². The minimum atomic E-state index is -3.90. The van der Waals surface area contributed by atoms with Crippen LogP contribution in [0.3, 0.4) is 0 Å². The van der Waals surface area contributed by atoms with Gasteiger partial charge in [-0.15, -0.1) is 0 Å². The summed E-state index contributed by atoms with van der Waals surface area (Å²) in [5, 5.41) is 17.9. The van der Waals surface area contributed by atoms with Gasteiger partial charge in [-0.1, -0.05) is 6.07 Å². The number of sulfonamides is 1. The van der Waals surface area contributed by atoms with Crippen LogP contribution < -0.4 is 4.72 Å². The first-order chi connectivity index (χ1) is 9.81. The van der Waals surface area contributed by atoms with E-state index < -0.39 is 22.0 Å². The van der Waals surface area contributed by atoms with Crippen molar-refractivity contribution in [3.8, 4) is 0 Å². The molecule has 0 saturated heterocycles. The molecule has 0 aliphatic carbocycles. The number of ether oxygens (including phenoxy) is 1. The fraction of sp³-hybridized carbons (Fsp3) is 0.462. The molecule has 0 amide bonds. The summed E-state index contributed by atoms with van der Waals surface area (Å²) < 4.78 is 32.0. The van der Waals surface area contributed by atoms with Gasteiger partial charge in [-0.3, -0.25) is 0 Å². The number of aryl methyl sites for hydroxylation is 1. The molecule has 0 aliphatic rings. The molecule has 0 spiro atoms. The number of aliphatic hydroxyl groups is 1. The number of carbonyl (C=O) groups is 1. The fourth-order valence-electron chi connectivity index (χ4n) is 1.84. The lowest BCUT2D eigenvalue weighted by Crippen LogP contribution is -2.39. The first kappa shape index (κ1) is 17.6. The zero-order valence-electron chi connectivity index (χ0n) is 11.9. The van der Waals surface area contributed by atoms with Crippen LogP contribution in [0.5, 0.6) is 0 Å². The van der Waals surface area contributed by atoms with Crippen LogP contribution in [0.4, 0.5) is 0 Å². The van der Waals surface area contributed by atoms with E-state index in [1.165, 1.54) is 19.2 Å². The second kappa shape index (κ2) is 7.51. The molecule has 0 fully saturated rings. The molecule has 1 unspecified atom stereocenters. The van der Waals surface area contributed by atoms with Crippen molar-refractivity contribution in [2.75, 3.05) is 20.3 Å². The number of benzene rings is 1. The van der Waals surface area contributed by atoms with Gasteiger partial charge in [-0.05, 0) is 31.0 Å². The van der Waals surface area contributed by atoms with Crippen molar-refractivity contribution in [1.82, 2.24) is 4.72 Å². The van der Waals surface area contributed by atoms with Gasteiger partial charge in [-0.25, -0.2) is 17.9 Å². The van der Waals surface area contributed by atoms with E-state index in [0.717, 1.165) is 6.07 Å². The molecule has 1 atom stereocenters. The Kier molecular flexibility index (Phi) is 6.28. The zero-order valence-corrected chi connectivity index (χ0v) is 12.7. The van der Waals surface area contributed by atoms with E-state index in [0.29, 0.717) is 5.56 Å². The highest BCUT2D eigenvalue weighted by molar-refractivity contribution is 7.89. The predicted molar refractivity (Wildman–Crippen MR) is 75.8 cm³/mol. The number of carboxylic acid groups (broad SMARTS) is 1. The second-order valence-corrected chi connectivity index (χ2v) is 6.25. The van der Waals surface area contributed by atoms with Gasteiger partial charge in [0.1, 0.15) is 0 Å². The Bertz CT molecular complexity index is 593. The van der Waals surface area contributed by atoms with Crippen molar-refractivity contribution in [2.45, 2.75) is 24.3 Å². The highest BCUT2D eigenvalue weighted by Crippen LogP contribution is 2.18. The second-order valence-electron chi connectivity index (χ2n) is 4.57. The first-order valence-electron chi connectivity index (χ1n) is 6.28. The summed E-state index contributed by atoms with van der Waals surface area (Å²) in [5.74, 6) is -1.20. The monoisotopic (exact) mass is 317 g/mol. The van der Waals surface area contributed by atoms with Gasteiger partial charge in [0.2, 0.25) is 10.0 Å². The molecule has 0 aliphatic heterocycles. The van der Waals surface area contributed by atoms with E-state index in [1.807, 2.05) is 0 Å². The molecular formula is C13H19NO6S. The van der Waals surface area contributed by atoms with Crippen LogP contribution in [0.2, 0.25) is 0 Å². The van der Waals surface area contributed by atoms with Gasteiger partial charge >= 0.3 is 5.97 Å². The van der Waals surface area contributed by atoms with E-state index in [-0.39, 0.29) is 30.1 Å². The van der Waals surface area contributed by atoms with Gasteiger partial charge in [0.05, 0.1) is 17.1 Å². The maximum atomic E-state index is 12.3. The van der Waals surface area contributed by atoms with Gasteiger partial charge in [-0.2, -0.15) is 0 Å². The summed E-state index contributed by atoms with van der Waals surface area (Å²) in [6, 6.07) is 3.31. The molecule has 118 valence electrons. The lowest BCUT2D eigenvalue weighted by molar-refractivity contribution is 0.0696. The zero-order chi connectivity index (χ0) is 16.0. The summed E-state index contributed by atoms with van der Waals surface area (Å²) in [7, 11) is -2.47. The maximum Gasteiger partial charge on any atom is 0.335 e. The Labute approximate surface area is 123 Å². The van der Waals surface area contributed by atoms with Gasteiger partial charge < -0.3 is 14.9 Å². The van der Waals surface area contributed by atoms with Crippen LogP contribution in [-0.4, -0.2) is 51.0 Å². The average Bonchev–Trinajstić information content (AvgIpc) is 2.38. The Morgan fingerprint density at radius 2 is 2.10 bits per heavy atom. The molecule has 0 heterocycles. The van der Waals surface area contributed by atoms with E-state index >= 15 is 0 Å². The maximum absolute atomic E-state index is 12.3. The van der Waals surface area contributed by atoms with Crippen molar-refractivity contribution >= 4 is 16.0 Å². The van der Waals surface area contributed by atoms with Crippen LogP contribution in [0.15, 0.2) is 23.1 Å². The van der Waals surface area contributed by atoms with Crippen LogP contribution in [0, 0.1) is 6.92 Å². The van der Waals surface area contributed by atoms with Crippen molar-refractivity contribution < 1.29 is 28.2 Å². The third-order valence-electron chi connectivity index (χ3n) is 2.89. The number of rotatable bonds is 8. The molecular weight excluding hydrogens is 298 g/mol. The molecule has 0 radical (unpaired) electrons. The number of hydrogen-bond acceptors (Lipinski definition) is 5. The Balaban J connectivity index is 3.11. The van der Waals surface area contributed by atoms with Crippen molar-refractivity contribution in [3.63, 3.8) is 0 Å². The number of carboxylic acids is 1. The summed E-state index contributed by atoms with van der Waals surface area (Å²) in [6.07, 6.45) is 0.199. The van der Waals surface area contributed by atoms with E-state index in [2.05, 4.69) is 4.72 Å². The number of nitrogens with one attached hydrogen (secondary N) is 1. The standard InChI is InChI=1S/C13H19NO6S/c1-9-3-4-10(13(16)17)7-12(9)21(18,19)14-11(5-6-15)8-20-2/h3-4,7,11,14-15H,5-6,8H2,1-2H3,(H,16,17). The van der Waals surface area contributed by atoms with Gasteiger partial charge in [0, 0.05) is 19.8 Å². The summed E-state index contributed by atoms with van der Waals surface area (Å²) >= 11 is 0. The molecule has 3 N–H and O–H groups in total. The number of hydrogen-bond donors (Lipinski definition) is 3. The number of aromatic carboxylic acids is 1. The van der Waals surface area contributed by atoms with Crippen molar-refractivity contribution in [3.05, 3.63) is 29.3 Å². The topological polar surface area (TPSA) is 113 Å². The van der Waals surface area contributed by atoms with Gasteiger partial charge in [0.15, 0.2) is 0 Å². The third kappa shape index (κ3) is 4.78. The molecule has 8 heteroatoms. The Morgan fingerprint density at radius 3 is 2.62 bits per heavy atom. The lowest BCUT2D eigenvalue weighted by atomic mass is 10.1. The van der Waals surface area contributed by atoms with Crippen molar-refractivity contribution in [2.24, 2.45) is 0 Å². The summed E-state index contributed by atoms with van der Waals surface area (Å²) in [4.78, 5) is 10.9. The largest absolute Gasteiger partial charge is 0.478 e. The fourth-order valence-corrected chi connectivity index (χ4v) is 3.36. The van der Waals surface area contributed by atoms with E-state index in [4.69, 9.17) is 14.9 Å². The predicted octanol–water partition coefficient (Wildman–Crippen LogP) is 0.369. The number of methoxy groups -OCH3 is 1. The van der Waals surface area contributed by atoms with Crippen LogP contribution >= 0.6 is 0 Å². The quantitative estimate of drug-likeness (QED) is 0.638. The first-order valence-corrected chi connectivity index (χ1v) is 7.76. The molecule has 1 aromatic rings. The normalized spacial score (nSPS) is 13.1. The highest BCUT2D eigenvalue weighted by atomic mass is 32.2. The Morgan fingerprint density at radius 1 is 1.43 bits per heavy atom. The van der Waals surface area contributed by atoms with E-state index in [1.54, 1.807) is 6.92 Å². The molecule has 1 aromatic carbocycles. The smallest absolute Gasteiger partial charge is 0.335 e. The molecule has 0 bridgehead atoms. The molecule has 0 saturated carbocycles. The summed E-state index contributed by atoms with van der Waals surface area (Å²) in [6.45, 7) is 1.50. The lowest BCUT2D eigenvalue weighted by Gasteiger charge is -2.18. The van der Waals surface area contributed by atoms with Gasteiger partial charge in [0.25, 0.3) is 0 Å². The van der Waals surface area contributed by atoms with Crippen molar-refractivity contribution in [1.29, 1.82) is 0 Å². The molecule has 21 heavy (non-hydrogen) atoms. The summed E-state index contributed by atoms with van der Waals surface area (Å²) in [5.41, 5.74) is 0.332. The average molecular weight is 317 g/mol. The Hall–Kier alpha value is -1.48. The van der Waals surface area contributed by atoms with E-state index in [9.17, 15) is 13.2 Å². The molecule has 0 aromatic heterocycles. The minimum absolute atomic E-state index is 0.0959. The molecule has 7 nitrogen and oxygen atoms in total. The third-order valence-corrected chi connectivity index (χ3v) is 4.55. The molecule has 1 rings (SSSR count). The van der Waals surface area contributed by atoms with Crippen LogP contribution in [0.25, 0.3) is 0 Å². The minimum Gasteiger partial charge on any atom is -0.478 e. The highest BCUT2D eigenvalue weighted by Gasteiger charge is 2.22. The SMILES string of the molecule is COCC(CCO)NS(=O)(=O)c1cc(C(=O)O)ccc1C.